The highest BCUT2D eigenvalue weighted by Gasteiger charge is 2.47. The Morgan fingerprint density at radius 3 is 2.17 bits per heavy atom. The van der Waals surface area contributed by atoms with Crippen molar-refractivity contribution in [1.82, 2.24) is 4.98 Å². The standard InChI is InChI=1S/C23H23N/c1-22-9-11-23(2,12-10-22)20-13-17(7-8-19(20)22)21-14-16-5-3-4-6-18(16)15-24-21/h3-8,13-15H,9-12H2,1-2H3. The summed E-state index contributed by atoms with van der Waals surface area (Å²) in [5, 5.41) is 2.47. The van der Waals surface area contributed by atoms with Crippen LogP contribution in [-0.2, 0) is 10.8 Å². The molecule has 3 aliphatic carbocycles. The van der Waals surface area contributed by atoms with Crippen molar-refractivity contribution in [3.05, 3.63) is 65.9 Å². The Morgan fingerprint density at radius 1 is 0.750 bits per heavy atom. The van der Waals surface area contributed by atoms with Crippen LogP contribution in [0.1, 0.15) is 50.7 Å². The fourth-order valence-electron chi connectivity index (χ4n) is 4.86. The van der Waals surface area contributed by atoms with Gasteiger partial charge in [0.2, 0.25) is 0 Å². The summed E-state index contributed by atoms with van der Waals surface area (Å²) in [6.45, 7) is 4.92. The second kappa shape index (κ2) is 4.69. The number of aromatic nitrogens is 1. The molecule has 1 heterocycles. The average molecular weight is 313 g/mol. The van der Waals surface area contributed by atoms with Crippen LogP contribution in [0.5, 0.6) is 0 Å². The lowest BCUT2D eigenvalue weighted by Crippen LogP contribution is -2.44. The van der Waals surface area contributed by atoms with Crippen LogP contribution in [0.4, 0.5) is 0 Å². The molecule has 0 amide bonds. The van der Waals surface area contributed by atoms with Gasteiger partial charge in [-0.05, 0) is 65.2 Å². The van der Waals surface area contributed by atoms with Gasteiger partial charge in [-0.15, -0.1) is 0 Å². The smallest absolute Gasteiger partial charge is 0.0708 e. The molecule has 1 saturated carbocycles. The van der Waals surface area contributed by atoms with E-state index < -0.39 is 0 Å². The van der Waals surface area contributed by atoms with E-state index in [9.17, 15) is 0 Å². The van der Waals surface area contributed by atoms with E-state index in [0.29, 0.717) is 10.8 Å². The molecule has 0 N–H and O–H groups in total. The largest absolute Gasteiger partial charge is 0.256 e. The lowest BCUT2D eigenvalue weighted by Gasteiger charge is -2.52. The van der Waals surface area contributed by atoms with Crippen molar-refractivity contribution in [2.45, 2.75) is 50.4 Å². The lowest BCUT2D eigenvalue weighted by atomic mass is 9.52. The van der Waals surface area contributed by atoms with Gasteiger partial charge in [0, 0.05) is 17.1 Å². The molecule has 2 aromatic carbocycles. The van der Waals surface area contributed by atoms with Crippen molar-refractivity contribution in [2.24, 2.45) is 0 Å². The molecular formula is C23H23N. The molecule has 2 bridgehead atoms. The molecule has 1 fully saturated rings. The minimum Gasteiger partial charge on any atom is -0.256 e. The highest BCUT2D eigenvalue weighted by atomic mass is 14.7. The van der Waals surface area contributed by atoms with E-state index >= 15 is 0 Å². The normalized spacial score (nSPS) is 28.1. The van der Waals surface area contributed by atoms with Crippen molar-refractivity contribution < 1.29 is 0 Å². The fraction of sp³-hybridized carbons (Fsp3) is 0.348. The van der Waals surface area contributed by atoms with Gasteiger partial charge in [0.1, 0.15) is 0 Å². The molecule has 1 heteroatoms. The minimum absolute atomic E-state index is 0.361. The number of nitrogens with zero attached hydrogens (tertiary/aromatic N) is 1. The molecule has 0 radical (unpaired) electrons. The van der Waals surface area contributed by atoms with Crippen LogP contribution in [0.3, 0.4) is 0 Å². The summed E-state index contributed by atoms with van der Waals surface area (Å²) < 4.78 is 0. The van der Waals surface area contributed by atoms with Gasteiger partial charge in [0.15, 0.2) is 0 Å². The molecule has 1 nitrogen and oxygen atoms in total. The predicted molar refractivity (Wildman–Crippen MR) is 100 cm³/mol. The van der Waals surface area contributed by atoms with Gasteiger partial charge in [-0.1, -0.05) is 50.2 Å². The number of fused-ring (bicyclic) bond motifs is 3. The van der Waals surface area contributed by atoms with E-state index in [4.69, 9.17) is 4.98 Å². The third-order valence-corrected chi connectivity index (χ3v) is 6.70. The fourth-order valence-corrected chi connectivity index (χ4v) is 4.86. The van der Waals surface area contributed by atoms with Crippen molar-refractivity contribution in [3.63, 3.8) is 0 Å². The quantitative estimate of drug-likeness (QED) is 0.536. The summed E-state index contributed by atoms with van der Waals surface area (Å²) in [6.07, 6.45) is 7.32. The van der Waals surface area contributed by atoms with Gasteiger partial charge in [0.05, 0.1) is 5.69 Å². The van der Waals surface area contributed by atoms with Crippen molar-refractivity contribution in [2.75, 3.05) is 0 Å². The summed E-state index contributed by atoms with van der Waals surface area (Å²) in [6, 6.07) is 17.8. The van der Waals surface area contributed by atoms with Crippen molar-refractivity contribution >= 4 is 10.8 Å². The van der Waals surface area contributed by atoms with Gasteiger partial charge in [-0.3, -0.25) is 4.98 Å². The highest BCUT2D eigenvalue weighted by molar-refractivity contribution is 5.85. The first kappa shape index (κ1) is 14.2. The second-order valence-corrected chi connectivity index (χ2v) is 8.30. The number of hydrogen-bond donors (Lipinski definition) is 0. The molecule has 0 atom stereocenters. The maximum atomic E-state index is 4.73. The zero-order valence-corrected chi connectivity index (χ0v) is 14.5. The molecular weight excluding hydrogens is 290 g/mol. The first-order valence-electron chi connectivity index (χ1n) is 9.08. The van der Waals surface area contributed by atoms with E-state index in [1.807, 2.05) is 6.20 Å². The molecule has 24 heavy (non-hydrogen) atoms. The Kier molecular flexibility index (Phi) is 2.78. The van der Waals surface area contributed by atoms with E-state index in [1.165, 1.54) is 42.0 Å². The third kappa shape index (κ3) is 1.90. The van der Waals surface area contributed by atoms with Gasteiger partial charge in [0.25, 0.3) is 0 Å². The predicted octanol–water partition coefficient (Wildman–Crippen LogP) is 6.00. The zero-order chi connectivity index (χ0) is 16.4. The van der Waals surface area contributed by atoms with Crippen LogP contribution < -0.4 is 0 Å². The second-order valence-electron chi connectivity index (χ2n) is 8.30. The number of hydrogen-bond acceptors (Lipinski definition) is 1. The summed E-state index contributed by atoms with van der Waals surface area (Å²) in [5.74, 6) is 0. The Hall–Kier alpha value is -2.15. The summed E-state index contributed by atoms with van der Waals surface area (Å²) in [4.78, 5) is 4.73. The SMILES string of the molecule is CC12CCC(C)(CC1)c1cc(-c3cc4ccccc4cn3)ccc12. The molecule has 0 unspecified atom stereocenters. The van der Waals surface area contributed by atoms with E-state index in [1.54, 1.807) is 11.1 Å². The van der Waals surface area contributed by atoms with Crippen LogP contribution in [0, 0.1) is 0 Å². The molecule has 0 saturated heterocycles. The average Bonchev–Trinajstić information content (AvgIpc) is 2.63. The Bertz CT molecular complexity index is 945. The monoisotopic (exact) mass is 313 g/mol. The topological polar surface area (TPSA) is 12.9 Å². The Labute approximate surface area is 143 Å². The first-order chi connectivity index (χ1) is 11.6. The molecule has 0 spiro atoms. The van der Waals surface area contributed by atoms with E-state index in [2.05, 4.69) is 62.4 Å². The van der Waals surface area contributed by atoms with Crippen LogP contribution in [-0.4, -0.2) is 4.98 Å². The molecule has 3 aliphatic rings. The van der Waals surface area contributed by atoms with Crippen molar-refractivity contribution in [1.29, 1.82) is 0 Å². The van der Waals surface area contributed by atoms with Gasteiger partial charge < -0.3 is 0 Å². The van der Waals surface area contributed by atoms with Gasteiger partial charge in [-0.2, -0.15) is 0 Å². The summed E-state index contributed by atoms with van der Waals surface area (Å²) >= 11 is 0. The van der Waals surface area contributed by atoms with E-state index in [-0.39, 0.29) is 0 Å². The molecule has 6 rings (SSSR count). The number of benzene rings is 2. The molecule has 1 aromatic heterocycles. The van der Waals surface area contributed by atoms with Crippen LogP contribution >= 0.6 is 0 Å². The third-order valence-electron chi connectivity index (χ3n) is 6.70. The summed E-state index contributed by atoms with van der Waals surface area (Å²) in [5.41, 5.74) is 6.27. The van der Waals surface area contributed by atoms with Gasteiger partial charge in [-0.25, -0.2) is 0 Å². The van der Waals surface area contributed by atoms with Crippen LogP contribution in [0.2, 0.25) is 0 Å². The maximum Gasteiger partial charge on any atom is 0.0708 e. The van der Waals surface area contributed by atoms with Crippen LogP contribution in [0.25, 0.3) is 22.0 Å². The Morgan fingerprint density at radius 2 is 1.42 bits per heavy atom. The Balaban J connectivity index is 1.68. The molecule has 120 valence electrons. The zero-order valence-electron chi connectivity index (χ0n) is 14.5. The highest BCUT2D eigenvalue weighted by Crippen LogP contribution is 2.56. The summed E-state index contributed by atoms with van der Waals surface area (Å²) in [7, 11) is 0. The minimum atomic E-state index is 0.361. The lowest BCUT2D eigenvalue weighted by molar-refractivity contribution is 0.188. The number of rotatable bonds is 1. The first-order valence-corrected chi connectivity index (χ1v) is 9.08. The molecule has 3 aromatic rings. The molecule has 0 aliphatic heterocycles. The number of pyridine rings is 1. The van der Waals surface area contributed by atoms with Gasteiger partial charge >= 0.3 is 0 Å². The van der Waals surface area contributed by atoms with Crippen molar-refractivity contribution in [3.8, 4) is 11.3 Å². The maximum absolute atomic E-state index is 4.73. The van der Waals surface area contributed by atoms with E-state index in [0.717, 1.165) is 5.69 Å². The van der Waals surface area contributed by atoms with Crippen LogP contribution in [0.15, 0.2) is 54.7 Å².